The van der Waals surface area contributed by atoms with E-state index in [0.29, 0.717) is 13.1 Å². The molecule has 0 aromatic heterocycles. The molecule has 6 rings (SSSR count). The van der Waals surface area contributed by atoms with Gasteiger partial charge >= 0.3 is 11.9 Å². The van der Waals surface area contributed by atoms with Crippen molar-refractivity contribution in [3.8, 4) is 0 Å². The fourth-order valence-corrected chi connectivity index (χ4v) is 5.30. The van der Waals surface area contributed by atoms with Gasteiger partial charge in [0.05, 0.1) is 25.2 Å². The van der Waals surface area contributed by atoms with Gasteiger partial charge in [0.2, 0.25) is 0 Å². The summed E-state index contributed by atoms with van der Waals surface area (Å²) in [4.78, 5) is 43.9. The number of benzene rings is 2. The van der Waals surface area contributed by atoms with Crippen molar-refractivity contribution in [1.29, 1.82) is 0 Å². The average Bonchev–Trinajstić information content (AvgIpc) is 3.70. The zero-order valence-corrected chi connectivity index (χ0v) is 20.9. The predicted molar refractivity (Wildman–Crippen MR) is 145 cm³/mol. The lowest BCUT2D eigenvalue weighted by Crippen LogP contribution is -2.27. The van der Waals surface area contributed by atoms with E-state index in [9.17, 15) is 9.59 Å². The Morgan fingerprint density at radius 3 is 1.63 bits per heavy atom. The first-order chi connectivity index (χ1) is 18.6. The first kappa shape index (κ1) is 23.9. The van der Waals surface area contributed by atoms with Gasteiger partial charge in [-0.2, -0.15) is 10.1 Å². The Morgan fingerprint density at radius 2 is 1.18 bits per heavy atom. The van der Waals surface area contributed by atoms with Crippen molar-refractivity contribution in [3.63, 3.8) is 0 Å². The number of carbonyl (C=O) groups is 2. The maximum Gasteiger partial charge on any atom is 0.356 e. The molecule has 4 aliphatic rings. The van der Waals surface area contributed by atoms with Crippen LogP contribution < -0.4 is 0 Å². The molecular weight excluding hydrogens is 480 g/mol. The third-order valence-electron chi connectivity index (χ3n) is 7.02. The number of rotatable bonds is 8. The van der Waals surface area contributed by atoms with E-state index < -0.39 is 11.9 Å². The minimum atomic E-state index is -0.665. The molecule has 2 aromatic rings. The Bertz CT molecular complexity index is 1300. The number of nitrogens with zero attached hydrogens (tertiary/aromatic N) is 4. The van der Waals surface area contributed by atoms with Crippen molar-refractivity contribution < 1.29 is 19.3 Å². The molecule has 0 bridgehead atoms. The van der Waals surface area contributed by atoms with Crippen LogP contribution in [-0.2, 0) is 32.1 Å². The number of hydrogen-bond acceptors (Lipinski definition) is 8. The Kier molecular flexibility index (Phi) is 6.60. The summed E-state index contributed by atoms with van der Waals surface area (Å²) in [5.41, 5.74) is 7.83. The summed E-state index contributed by atoms with van der Waals surface area (Å²) < 4.78 is 0. The zero-order chi connectivity index (χ0) is 25.9. The van der Waals surface area contributed by atoms with Gasteiger partial charge in [-0.25, -0.2) is 9.59 Å². The first-order valence-electron chi connectivity index (χ1n) is 12.8. The fraction of sp³-hybridized carbons (Fsp3) is 0.267. The largest absolute Gasteiger partial charge is 0.356 e. The van der Waals surface area contributed by atoms with E-state index in [1.54, 1.807) is 0 Å². The van der Waals surface area contributed by atoms with Crippen molar-refractivity contribution in [2.75, 3.05) is 13.1 Å². The van der Waals surface area contributed by atoms with Crippen molar-refractivity contribution in [2.24, 2.45) is 9.98 Å². The smallest absolute Gasteiger partial charge is 0.335 e. The van der Waals surface area contributed by atoms with Crippen LogP contribution in [0.4, 0.5) is 0 Å². The third-order valence-corrected chi connectivity index (χ3v) is 7.02. The minimum absolute atomic E-state index is 0.0221. The molecule has 0 N–H and O–H groups in total. The second kappa shape index (κ2) is 10.5. The summed E-state index contributed by atoms with van der Waals surface area (Å²) in [5, 5.41) is 2.80. The van der Waals surface area contributed by atoms with Crippen LogP contribution in [0.15, 0.2) is 81.8 Å². The normalized spacial score (nSPS) is 21.1. The van der Waals surface area contributed by atoms with Crippen LogP contribution >= 0.6 is 0 Å². The van der Waals surface area contributed by atoms with Crippen molar-refractivity contribution >= 4 is 36.8 Å². The quantitative estimate of drug-likeness (QED) is 0.503. The fourth-order valence-electron chi connectivity index (χ4n) is 5.30. The lowest BCUT2D eigenvalue weighted by atomic mass is 10.0. The van der Waals surface area contributed by atoms with Crippen molar-refractivity contribution in [3.05, 3.63) is 94.1 Å². The highest BCUT2D eigenvalue weighted by atomic mass is 16.7. The Labute approximate surface area is 221 Å². The van der Waals surface area contributed by atoms with Gasteiger partial charge in [-0.3, -0.25) is 9.98 Å². The molecule has 0 fully saturated rings. The highest BCUT2D eigenvalue weighted by Gasteiger charge is 2.25. The number of aliphatic imine (C=N–C) groups is 2. The summed E-state index contributed by atoms with van der Waals surface area (Å²) in [6.45, 7) is 0.954. The molecule has 2 aromatic carbocycles. The molecule has 0 saturated carbocycles. The standard InChI is InChI=1S/C30H28N4O4/c35-29(37-33-17-27(31-19-33)15-21-11-23-5-1-2-6-24(23)12-21)9-10-30(36)38-34-18-28(32-20-34)16-22-13-25-7-3-4-8-26(25)14-22/h1-11,13,19-20,27-28H,12,14-18H2/b10-9+. The summed E-state index contributed by atoms with van der Waals surface area (Å²) in [6, 6.07) is 16.8. The molecule has 192 valence electrons. The van der Waals surface area contributed by atoms with E-state index in [1.807, 2.05) is 12.1 Å². The highest BCUT2D eigenvalue weighted by Crippen LogP contribution is 2.30. The van der Waals surface area contributed by atoms with E-state index in [0.717, 1.165) is 37.8 Å². The lowest BCUT2D eigenvalue weighted by molar-refractivity contribution is -0.167. The second-order valence-electron chi connectivity index (χ2n) is 9.95. The summed E-state index contributed by atoms with van der Waals surface area (Å²) in [6.07, 6.45) is 13.1. The Morgan fingerprint density at radius 1 is 0.737 bits per heavy atom. The minimum Gasteiger partial charge on any atom is -0.335 e. The molecule has 0 radical (unpaired) electrons. The topological polar surface area (TPSA) is 83.8 Å². The molecular formula is C30H28N4O4. The Balaban J connectivity index is 0.900. The van der Waals surface area contributed by atoms with Crippen LogP contribution in [0, 0.1) is 0 Å². The van der Waals surface area contributed by atoms with Gasteiger partial charge in [0, 0.05) is 12.2 Å². The SMILES string of the molecule is O=C(/C=C/C(=O)ON1C=NC(CC2=Cc3ccccc3C2)C1)ON1C=NC(CC2=Cc3ccccc3C2)C1. The molecule has 2 heterocycles. The molecule has 0 amide bonds. The molecule has 2 aliphatic heterocycles. The van der Waals surface area contributed by atoms with Crippen LogP contribution in [0.3, 0.4) is 0 Å². The van der Waals surface area contributed by atoms with Gasteiger partial charge in [-0.05, 0) is 47.9 Å². The third kappa shape index (κ3) is 5.59. The maximum atomic E-state index is 12.2. The molecule has 0 spiro atoms. The summed E-state index contributed by atoms with van der Waals surface area (Å²) in [7, 11) is 0. The van der Waals surface area contributed by atoms with E-state index in [2.05, 4.69) is 58.5 Å². The van der Waals surface area contributed by atoms with Crippen LogP contribution in [0.2, 0.25) is 0 Å². The predicted octanol–water partition coefficient (Wildman–Crippen LogP) is 3.94. The average molecular weight is 509 g/mol. The number of hydrogen-bond donors (Lipinski definition) is 0. The second-order valence-corrected chi connectivity index (χ2v) is 9.95. The van der Waals surface area contributed by atoms with Gasteiger partial charge in [-0.1, -0.05) is 71.8 Å². The molecule has 2 unspecified atom stereocenters. The van der Waals surface area contributed by atoms with Crippen LogP contribution in [-0.4, -0.2) is 59.9 Å². The summed E-state index contributed by atoms with van der Waals surface area (Å²) in [5.74, 6) is -1.33. The van der Waals surface area contributed by atoms with Crippen LogP contribution in [0.25, 0.3) is 12.2 Å². The molecule has 8 nitrogen and oxygen atoms in total. The monoisotopic (exact) mass is 508 g/mol. The number of carbonyl (C=O) groups excluding carboxylic acids is 2. The first-order valence-corrected chi connectivity index (χ1v) is 12.8. The van der Waals surface area contributed by atoms with Crippen molar-refractivity contribution in [2.45, 2.75) is 37.8 Å². The maximum absolute atomic E-state index is 12.2. The van der Waals surface area contributed by atoms with Gasteiger partial charge in [0.1, 0.15) is 12.7 Å². The van der Waals surface area contributed by atoms with Crippen LogP contribution in [0.1, 0.15) is 35.1 Å². The lowest BCUT2D eigenvalue weighted by Gasteiger charge is -2.15. The van der Waals surface area contributed by atoms with E-state index in [-0.39, 0.29) is 12.1 Å². The van der Waals surface area contributed by atoms with Gasteiger partial charge in [0.15, 0.2) is 0 Å². The molecule has 8 heteroatoms. The van der Waals surface area contributed by atoms with Gasteiger partial charge in [0.25, 0.3) is 0 Å². The van der Waals surface area contributed by atoms with E-state index in [4.69, 9.17) is 9.68 Å². The molecule has 2 atom stereocenters. The van der Waals surface area contributed by atoms with Gasteiger partial charge < -0.3 is 9.68 Å². The van der Waals surface area contributed by atoms with Gasteiger partial charge in [-0.15, -0.1) is 0 Å². The number of hydroxylamine groups is 4. The molecule has 0 saturated heterocycles. The van der Waals surface area contributed by atoms with Crippen LogP contribution in [0.5, 0.6) is 0 Å². The zero-order valence-electron chi connectivity index (χ0n) is 20.9. The Hall–Kier alpha value is -4.46. The number of fused-ring (bicyclic) bond motifs is 2. The van der Waals surface area contributed by atoms with E-state index >= 15 is 0 Å². The van der Waals surface area contributed by atoms with E-state index in [1.165, 1.54) is 56.2 Å². The summed E-state index contributed by atoms with van der Waals surface area (Å²) >= 11 is 0. The highest BCUT2D eigenvalue weighted by molar-refractivity contribution is 5.92. The molecule has 2 aliphatic carbocycles. The molecule has 38 heavy (non-hydrogen) atoms. The van der Waals surface area contributed by atoms with Crippen molar-refractivity contribution in [1.82, 2.24) is 10.1 Å².